The van der Waals surface area contributed by atoms with Crippen LogP contribution in [0.1, 0.15) is 38.7 Å². The van der Waals surface area contributed by atoms with Gasteiger partial charge in [-0.05, 0) is 50.8 Å². The highest BCUT2D eigenvalue weighted by molar-refractivity contribution is 5.66. The van der Waals surface area contributed by atoms with Gasteiger partial charge in [0.2, 0.25) is 0 Å². The number of anilines is 2. The van der Waals surface area contributed by atoms with Gasteiger partial charge in [-0.15, -0.1) is 0 Å². The zero-order valence-electron chi connectivity index (χ0n) is 11.1. The maximum absolute atomic E-state index is 5.92. The van der Waals surface area contributed by atoms with Crippen LogP contribution in [-0.2, 0) is 10.3 Å². The molecule has 3 N–H and O–H groups in total. The molecular formula is C14H21N3O. The molecule has 1 aromatic carbocycles. The van der Waals surface area contributed by atoms with Gasteiger partial charge in [-0.1, -0.05) is 6.07 Å². The van der Waals surface area contributed by atoms with Gasteiger partial charge in [-0.2, -0.15) is 0 Å². The molecule has 1 atom stereocenters. The summed E-state index contributed by atoms with van der Waals surface area (Å²) in [4.78, 5) is 0. The summed E-state index contributed by atoms with van der Waals surface area (Å²) in [6, 6.07) is 6.11. The number of hydrogen-bond donors (Lipinski definition) is 2. The third-order valence-corrected chi connectivity index (χ3v) is 3.80. The van der Waals surface area contributed by atoms with E-state index < -0.39 is 0 Å². The van der Waals surface area contributed by atoms with Crippen LogP contribution in [0.2, 0.25) is 0 Å². The Labute approximate surface area is 108 Å². The molecule has 3 rings (SSSR count). The van der Waals surface area contributed by atoms with Gasteiger partial charge in [0.25, 0.3) is 0 Å². The first-order valence-electron chi connectivity index (χ1n) is 6.66. The van der Waals surface area contributed by atoms with Crippen LogP contribution in [-0.4, -0.2) is 12.8 Å². The second-order valence-electron chi connectivity index (χ2n) is 5.70. The standard InChI is InChI=1S/C14H21N3O/c1-14(2)11-7-6-10(15)9-12(11)17(16-14)13-5-3-4-8-18-13/h6-7,9,13,16H,3-5,8,15H2,1-2H3. The Morgan fingerprint density at radius 2 is 2.22 bits per heavy atom. The van der Waals surface area contributed by atoms with E-state index in [2.05, 4.69) is 30.3 Å². The van der Waals surface area contributed by atoms with Crippen molar-refractivity contribution in [3.8, 4) is 0 Å². The minimum atomic E-state index is -0.0656. The van der Waals surface area contributed by atoms with Crippen molar-refractivity contribution < 1.29 is 4.74 Å². The van der Waals surface area contributed by atoms with E-state index >= 15 is 0 Å². The van der Waals surface area contributed by atoms with Gasteiger partial charge in [0.05, 0.1) is 11.2 Å². The van der Waals surface area contributed by atoms with Crippen molar-refractivity contribution in [3.63, 3.8) is 0 Å². The summed E-state index contributed by atoms with van der Waals surface area (Å²) >= 11 is 0. The lowest BCUT2D eigenvalue weighted by Crippen LogP contribution is -2.50. The molecule has 4 heteroatoms. The molecule has 1 aromatic rings. The summed E-state index contributed by atoms with van der Waals surface area (Å²) in [6.07, 6.45) is 3.58. The summed E-state index contributed by atoms with van der Waals surface area (Å²) in [6.45, 7) is 5.22. The number of nitrogens with zero attached hydrogens (tertiary/aromatic N) is 1. The van der Waals surface area contributed by atoms with E-state index in [9.17, 15) is 0 Å². The molecule has 4 nitrogen and oxygen atoms in total. The van der Waals surface area contributed by atoms with Crippen molar-refractivity contribution in [3.05, 3.63) is 23.8 Å². The molecule has 1 saturated heterocycles. The lowest BCUT2D eigenvalue weighted by molar-refractivity contribution is 0.00609. The van der Waals surface area contributed by atoms with Crippen LogP contribution in [0.5, 0.6) is 0 Å². The van der Waals surface area contributed by atoms with Crippen molar-refractivity contribution >= 4 is 11.4 Å². The smallest absolute Gasteiger partial charge is 0.144 e. The van der Waals surface area contributed by atoms with Gasteiger partial charge in [0, 0.05) is 12.3 Å². The number of nitrogen functional groups attached to an aromatic ring is 1. The molecule has 0 aliphatic carbocycles. The van der Waals surface area contributed by atoms with E-state index in [4.69, 9.17) is 10.5 Å². The fourth-order valence-electron chi connectivity index (χ4n) is 2.85. The van der Waals surface area contributed by atoms with E-state index in [1.165, 1.54) is 12.0 Å². The van der Waals surface area contributed by atoms with Gasteiger partial charge in [0.1, 0.15) is 6.23 Å². The highest BCUT2D eigenvalue weighted by Gasteiger charge is 2.38. The third-order valence-electron chi connectivity index (χ3n) is 3.80. The Hall–Kier alpha value is -1.26. The summed E-state index contributed by atoms with van der Waals surface area (Å²) in [5.74, 6) is 0. The highest BCUT2D eigenvalue weighted by atomic mass is 16.5. The Morgan fingerprint density at radius 1 is 1.39 bits per heavy atom. The largest absolute Gasteiger partial charge is 0.399 e. The van der Waals surface area contributed by atoms with E-state index in [-0.39, 0.29) is 11.8 Å². The van der Waals surface area contributed by atoms with Crippen LogP contribution in [0.15, 0.2) is 18.2 Å². The monoisotopic (exact) mass is 247 g/mol. The molecule has 1 fully saturated rings. The maximum atomic E-state index is 5.92. The van der Waals surface area contributed by atoms with Crippen LogP contribution in [0.25, 0.3) is 0 Å². The molecule has 0 saturated carbocycles. The first-order valence-corrected chi connectivity index (χ1v) is 6.66. The zero-order chi connectivity index (χ0) is 12.8. The Bertz CT molecular complexity index is 452. The van der Waals surface area contributed by atoms with Crippen LogP contribution in [0.3, 0.4) is 0 Å². The number of ether oxygens (including phenoxy) is 1. The lowest BCUT2D eigenvalue weighted by Gasteiger charge is -2.34. The molecule has 0 amide bonds. The first-order chi connectivity index (χ1) is 8.58. The minimum absolute atomic E-state index is 0.0656. The molecule has 0 bridgehead atoms. The van der Waals surface area contributed by atoms with E-state index in [1.54, 1.807) is 0 Å². The van der Waals surface area contributed by atoms with E-state index in [0.29, 0.717) is 0 Å². The van der Waals surface area contributed by atoms with Crippen LogP contribution < -0.4 is 16.2 Å². The van der Waals surface area contributed by atoms with Crippen LogP contribution >= 0.6 is 0 Å². The van der Waals surface area contributed by atoms with Crippen molar-refractivity contribution in [1.82, 2.24) is 5.43 Å². The van der Waals surface area contributed by atoms with Crippen molar-refractivity contribution in [1.29, 1.82) is 0 Å². The van der Waals surface area contributed by atoms with Crippen molar-refractivity contribution in [2.75, 3.05) is 17.3 Å². The fourth-order valence-corrected chi connectivity index (χ4v) is 2.85. The number of nitrogens with one attached hydrogen (secondary N) is 1. The molecular weight excluding hydrogens is 226 g/mol. The van der Waals surface area contributed by atoms with Gasteiger partial charge in [0.15, 0.2) is 0 Å². The zero-order valence-corrected chi connectivity index (χ0v) is 11.1. The summed E-state index contributed by atoms with van der Waals surface area (Å²) in [5, 5.41) is 2.16. The number of benzene rings is 1. The highest BCUT2D eigenvalue weighted by Crippen LogP contribution is 2.40. The van der Waals surface area contributed by atoms with Crippen molar-refractivity contribution in [2.45, 2.75) is 44.9 Å². The SMILES string of the molecule is CC1(C)NN(C2CCCCO2)c2cc(N)ccc21. The second kappa shape index (κ2) is 4.14. The Balaban J connectivity index is 1.97. The average Bonchev–Trinajstić information content (AvgIpc) is 2.62. The molecule has 18 heavy (non-hydrogen) atoms. The minimum Gasteiger partial charge on any atom is -0.399 e. The summed E-state index contributed by atoms with van der Waals surface area (Å²) < 4.78 is 5.87. The average molecular weight is 247 g/mol. The Kier molecular flexibility index (Phi) is 2.72. The van der Waals surface area contributed by atoms with E-state index in [0.717, 1.165) is 30.8 Å². The summed E-state index contributed by atoms with van der Waals surface area (Å²) in [7, 11) is 0. The third kappa shape index (κ3) is 1.85. The second-order valence-corrected chi connectivity index (χ2v) is 5.70. The van der Waals surface area contributed by atoms with Crippen molar-refractivity contribution in [2.24, 2.45) is 0 Å². The topological polar surface area (TPSA) is 50.5 Å². The Morgan fingerprint density at radius 3 is 2.94 bits per heavy atom. The molecule has 98 valence electrons. The molecule has 0 aromatic heterocycles. The van der Waals surface area contributed by atoms with Crippen LogP contribution in [0.4, 0.5) is 11.4 Å². The molecule has 0 radical (unpaired) electrons. The number of hydrazine groups is 1. The number of nitrogens with two attached hydrogens (primary N) is 1. The molecule has 1 unspecified atom stereocenters. The number of rotatable bonds is 1. The quantitative estimate of drug-likeness (QED) is 0.748. The molecule has 2 aliphatic heterocycles. The van der Waals surface area contributed by atoms with Crippen LogP contribution in [0, 0.1) is 0 Å². The predicted octanol–water partition coefficient (Wildman–Crippen LogP) is 2.36. The lowest BCUT2D eigenvalue weighted by atomic mass is 9.95. The van der Waals surface area contributed by atoms with Gasteiger partial charge in [-0.3, -0.25) is 5.01 Å². The normalized spacial score (nSPS) is 26.1. The number of fused-ring (bicyclic) bond motifs is 1. The van der Waals surface area contributed by atoms with Gasteiger partial charge < -0.3 is 10.5 Å². The van der Waals surface area contributed by atoms with E-state index in [1.807, 2.05) is 12.1 Å². The fraction of sp³-hybridized carbons (Fsp3) is 0.571. The maximum Gasteiger partial charge on any atom is 0.144 e. The van der Waals surface area contributed by atoms with Gasteiger partial charge in [-0.25, -0.2) is 5.43 Å². The predicted molar refractivity (Wildman–Crippen MR) is 73.1 cm³/mol. The number of hydrogen-bond acceptors (Lipinski definition) is 4. The molecule has 0 spiro atoms. The summed E-state index contributed by atoms with van der Waals surface area (Å²) in [5.41, 5.74) is 12.6. The molecule has 2 heterocycles. The molecule has 2 aliphatic rings. The van der Waals surface area contributed by atoms with Gasteiger partial charge >= 0.3 is 0 Å². The first kappa shape index (κ1) is 11.8.